The van der Waals surface area contributed by atoms with Gasteiger partial charge in [-0.2, -0.15) is 35.3 Å². The van der Waals surface area contributed by atoms with Crippen molar-refractivity contribution in [3.8, 4) is 0 Å². The molecule has 0 heterocycles. The number of aliphatic hydroxyl groups is 2. The van der Waals surface area contributed by atoms with Crippen LogP contribution in [0.2, 0.25) is 0 Å². The maximum Gasteiger partial charge on any atom is 0.190 e. The molecule has 0 aliphatic carbocycles. The zero-order valence-corrected chi connectivity index (χ0v) is 28.5. The predicted octanol–water partition coefficient (Wildman–Crippen LogP) is 4.64. The number of thioether (sulfide) groups is 8. The molecule has 0 saturated carbocycles. The van der Waals surface area contributed by atoms with Crippen LogP contribution in [0.3, 0.4) is 0 Å². The van der Waals surface area contributed by atoms with Crippen molar-refractivity contribution in [2.45, 2.75) is 25.7 Å². The second-order valence-corrected chi connectivity index (χ2v) is 18.6. The van der Waals surface area contributed by atoms with Gasteiger partial charge in [-0.1, -0.05) is 35.3 Å². The Morgan fingerprint density at radius 3 is 1.54 bits per heavy atom. The van der Waals surface area contributed by atoms with Gasteiger partial charge in [0.1, 0.15) is 0 Å². The van der Waals surface area contributed by atoms with Crippen molar-refractivity contribution in [2.24, 2.45) is 0 Å². The Morgan fingerprint density at radius 1 is 0.514 bits per heavy atom. The van der Waals surface area contributed by atoms with Crippen LogP contribution in [0.1, 0.15) is 25.7 Å². The minimum absolute atomic E-state index is 0.140. The van der Waals surface area contributed by atoms with Crippen molar-refractivity contribution in [2.75, 3.05) is 86.7 Å². The van der Waals surface area contributed by atoms with Crippen molar-refractivity contribution >= 4 is 120 Å². The van der Waals surface area contributed by atoms with E-state index in [2.05, 4.69) is 0 Å². The summed E-state index contributed by atoms with van der Waals surface area (Å²) in [6.07, 6.45) is 2.49. The number of hydrogen-bond acceptors (Lipinski definition) is 14. The summed E-state index contributed by atoms with van der Waals surface area (Å²) in [5.74, 6) is 8.42. The largest absolute Gasteiger partial charge is 0.396 e. The van der Waals surface area contributed by atoms with E-state index in [9.17, 15) is 18.6 Å². The summed E-state index contributed by atoms with van der Waals surface area (Å²) in [4.78, 5) is 35.3. The summed E-state index contributed by atoms with van der Waals surface area (Å²) in [6.45, 7) is 0.288. The fourth-order valence-corrected chi connectivity index (χ4v) is 11.3. The van der Waals surface area contributed by atoms with Gasteiger partial charge in [-0.05, 0) is 12.2 Å². The molecule has 15 heteroatoms. The van der Waals surface area contributed by atoms with Crippen LogP contribution in [0.25, 0.3) is 0 Å². The van der Waals surface area contributed by atoms with Crippen LogP contribution in [0.4, 0.5) is 0 Å². The van der Waals surface area contributed by atoms with Gasteiger partial charge in [-0.15, -0.1) is 23.5 Å². The molecular formula is C22H40O6S9. The molecule has 0 aliphatic heterocycles. The second kappa shape index (κ2) is 30.8. The maximum atomic E-state index is 12.1. The molecule has 0 aromatic carbocycles. The van der Waals surface area contributed by atoms with E-state index in [1.165, 1.54) is 35.3 Å². The number of rotatable bonds is 27. The van der Waals surface area contributed by atoms with Gasteiger partial charge in [0.15, 0.2) is 15.3 Å². The Morgan fingerprint density at radius 2 is 1.00 bits per heavy atom. The molecule has 0 rings (SSSR count). The molecule has 0 amide bonds. The van der Waals surface area contributed by atoms with Crippen LogP contribution in [0, 0.1) is 0 Å². The Bertz CT molecular complexity index is 613. The Labute approximate surface area is 259 Å². The molecular weight excluding hydrogens is 649 g/mol. The number of carbonyl (C=O) groups excluding carboxylic acids is 3. The number of hydrogen-bond donors (Lipinski definition) is 2. The van der Waals surface area contributed by atoms with Crippen LogP contribution in [0.15, 0.2) is 0 Å². The molecule has 0 aliphatic rings. The van der Waals surface area contributed by atoms with Gasteiger partial charge in [-0.3, -0.25) is 18.6 Å². The second-order valence-electron chi connectivity index (χ2n) is 7.04. The summed E-state index contributed by atoms with van der Waals surface area (Å²) in [6, 6.07) is 0. The summed E-state index contributed by atoms with van der Waals surface area (Å²) in [5.41, 5.74) is 0. The zero-order valence-electron chi connectivity index (χ0n) is 21.1. The smallest absolute Gasteiger partial charge is 0.190 e. The standard InChI is InChI=1S/C22H40O6S9/c23-5-11-32-18-35-21(26)3-8-29-7-1-16-37(28)17-15-31-13-14-34-20(25)2-9-30-10-4-22(27)36-19-33-12-6-24/h23-24H,1-19H2. The molecule has 0 bridgehead atoms. The van der Waals surface area contributed by atoms with Gasteiger partial charge >= 0.3 is 0 Å². The number of carbonyl (C=O) groups is 3. The highest BCUT2D eigenvalue weighted by Crippen LogP contribution is 2.18. The molecule has 0 saturated heterocycles. The first kappa shape index (κ1) is 38.9. The predicted molar refractivity (Wildman–Crippen MR) is 180 cm³/mol. The molecule has 1 unspecified atom stereocenters. The average molecular weight is 689 g/mol. The van der Waals surface area contributed by atoms with Crippen LogP contribution in [-0.4, -0.2) is 116 Å². The van der Waals surface area contributed by atoms with E-state index < -0.39 is 10.8 Å². The third-order valence-electron chi connectivity index (χ3n) is 4.04. The lowest BCUT2D eigenvalue weighted by atomic mass is 10.5. The van der Waals surface area contributed by atoms with E-state index in [1.807, 2.05) is 0 Å². The topological polar surface area (TPSA) is 109 Å². The lowest BCUT2D eigenvalue weighted by Gasteiger charge is -2.04. The van der Waals surface area contributed by atoms with Gasteiger partial charge in [-0.25, -0.2) is 0 Å². The first-order valence-electron chi connectivity index (χ1n) is 11.9. The lowest BCUT2D eigenvalue weighted by Crippen LogP contribution is -2.07. The van der Waals surface area contributed by atoms with Crippen LogP contribution in [-0.2, 0) is 25.2 Å². The fourth-order valence-electron chi connectivity index (χ4n) is 2.24. The van der Waals surface area contributed by atoms with E-state index in [4.69, 9.17) is 10.2 Å². The molecule has 0 spiro atoms. The SMILES string of the molecule is O=C(CCSCCC(=O)SCSCCO)SCCSCCS(=O)CCCSCCC(=O)SCSCCO. The molecule has 0 radical (unpaired) electrons. The Kier molecular flexibility index (Phi) is 32.4. The first-order valence-corrected chi connectivity index (χ1v) is 22.1. The molecule has 37 heavy (non-hydrogen) atoms. The average Bonchev–Trinajstić information content (AvgIpc) is 2.88. The minimum Gasteiger partial charge on any atom is -0.396 e. The van der Waals surface area contributed by atoms with Crippen LogP contribution < -0.4 is 0 Å². The third-order valence-corrected chi connectivity index (χ3v) is 14.2. The van der Waals surface area contributed by atoms with Crippen molar-refractivity contribution in [3.05, 3.63) is 0 Å². The van der Waals surface area contributed by atoms with Crippen molar-refractivity contribution in [1.82, 2.24) is 0 Å². The van der Waals surface area contributed by atoms with Gasteiger partial charge in [0.25, 0.3) is 0 Å². The van der Waals surface area contributed by atoms with E-state index in [1.54, 1.807) is 58.8 Å². The highest BCUT2D eigenvalue weighted by atomic mass is 32.2. The van der Waals surface area contributed by atoms with Crippen LogP contribution in [0.5, 0.6) is 0 Å². The summed E-state index contributed by atoms with van der Waals surface area (Å²) >= 11 is 12.2. The van der Waals surface area contributed by atoms with Crippen molar-refractivity contribution in [1.29, 1.82) is 0 Å². The van der Waals surface area contributed by atoms with Crippen molar-refractivity contribution < 1.29 is 28.8 Å². The zero-order chi connectivity index (χ0) is 27.4. The quantitative estimate of drug-likeness (QED) is 0.0924. The molecule has 2 N–H and O–H groups in total. The Balaban J connectivity index is 3.42. The monoisotopic (exact) mass is 688 g/mol. The molecule has 218 valence electrons. The molecule has 1 atom stereocenters. The van der Waals surface area contributed by atoms with E-state index in [-0.39, 0.29) is 28.6 Å². The highest BCUT2D eigenvalue weighted by molar-refractivity contribution is 8.24. The minimum atomic E-state index is -0.810. The normalized spacial score (nSPS) is 12.1. The Hall–Kier alpha value is 1.88. The molecule has 0 aromatic rings. The summed E-state index contributed by atoms with van der Waals surface area (Å²) in [7, 11) is -0.810. The van der Waals surface area contributed by atoms with Crippen LogP contribution >= 0.6 is 94.1 Å². The molecule has 0 aromatic heterocycles. The first-order chi connectivity index (χ1) is 18.0. The van der Waals surface area contributed by atoms with Crippen molar-refractivity contribution in [3.63, 3.8) is 0 Å². The molecule has 6 nitrogen and oxygen atoms in total. The fraction of sp³-hybridized carbons (Fsp3) is 0.864. The van der Waals surface area contributed by atoms with E-state index >= 15 is 0 Å². The van der Waals surface area contributed by atoms with E-state index in [0.717, 1.165) is 46.7 Å². The van der Waals surface area contributed by atoms with Gasteiger partial charge in [0.2, 0.25) is 0 Å². The highest BCUT2D eigenvalue weighted by Gasteiger charge is 2.07. The maximum absolute atomic E-state index is 12.1. The van der Waals surface area contributed by atoms with Gasteiger partial charge < -0.3 is 10.2 Å². The van der Waals surface area contributed by atoms with Gasteiger partial charge in [0, 0.05) is 97.8 Å². The van der Waals surface area contributed by atoms with Gasteiger partial charge in [0.05, 0.1) is 13.2 Å². The number of aliphatic hydroxyl groups excluding tert-OH is 2. The molecule has 0 fully saturated rings. The lowest BCUT2D eigenvalue weighted by molar-refractivity contribution is -0.111. The summed E-state index contributed by atoms with van der Waals surface area (Å²) in [5, 5.41) is 19.3. The van der Waals surface area contributed by atoms with E-state index in [0.29, 0.717) is 52.4 Å². The summed E-state index contributed by atoms with van der Waals surface area (Å²) < 4.78 is 12.1. The third kappa shape index (κ3) is 30.7.